The molecule has 0 bridgehead atoms. The monoisotopic (exact) mass is 917 g/mol. The van der Waals surface area contributed by atoms with Gasteiger partial charge < -0.3 is 14.2 Å². The van der Waals surface area contributed by atoms with Crippen LogP contribution in [0.15, 0.2) is 182 Å². The highest BCUT2D eigenvalue weighted by Crippen LogP contribution is 2.07. The van der Waals surface area contributed by atoms with Crippen molar-refractivity contribution in [2.45, 2.75) is 168 Å². The van der Waals surface area contributed by atoms with Gasteiger partial charge in [0.2, 0.25) is 0 Å². The third kappa shape index (κ3) is 51.4. The third-order valence-electron chi connectivity index (χ3n) is 9.41. The van der Waals surface area contributed by atoms with Gasteiger partial charge in [0.05, 0.1) is 0 Å². The molecule has 0 aliphatic carbocycles. The van der Waals surface area contributed by atoms with Gasteiger partial charge >= 0.3 is 17.9 Å². The first-order chi connectivity index (χ1) is 33.0. The molecule has 368 valence electrons. The topological polar surface area (TPSA) is 78.9 Å². The zero-order valence-electron chi connectivity index (χ0n) is 41.8. The van der Waals surface area contributed by atoms with E-state index in [-0.39, 0.29) is 38.4 Å². The molecule has 1 unspecified atom stereocenters. The van der Waals surface area contributed by atoms with Gasteiger partial charge in [0.1, 0.15) is 13.2 Å². The van der Waals surface area contributed by atoms with E-state index in [2.05, 4.69) is 179 Å². The molecule has 0 saturated heterocycles. The van der Waals surface area contributed by atoms with Gasteiger partial charge in [-0.15, -0.1) is 0 Å². The summed E-state index contributed by atoms with van der Waals surface area (Å²) < 4.78 is 16.6. The van der Waals surface area contributed by atoms with Crippen LogP contribution in [0.25, 0.3) is 0 Å². The Labute approximate surface area is 408 Å². The standard InChI is InChI=1S/C61H88O6/c1-4-7-10-13-16-19-22-25-28-31-34-36-39-42-45-48-51-54-60(63)66-57-58(67-61(64)55-52-49-46-43-40-37-33-30-27-24-21-18-15-12-9-6-3)56-65-59(62)53-50-47-44-41-38-35-32-29-26-23-20-17-14-11-8-5-2/h7-12,16-21,25-30,34-38,40,42,44-47,49,58H,4-6,13-15,22-24,31-33,39,41,43,48,50-57H2,1-3H3/b10-7-,11-8-,12-9-,19-16-,20-17-,21-18-,28-25-,29-26-,30-27-,36-34-,38-35-,40-37-,45-42-,47-44-,49-46-. The van der Waals surface area contributed by atoms with E-state index in [1.54, 1.807) is 0 Å². The Morgan fingerprint density at radius 2 is 0.537 bits per heavy atom. The molecule has 0 radical (unpaired) electrons. The fourth-order valence-corrected chi connectivity index (χ4v) is 5.75. The Morgan fingerprint density at radius 1 is 0.299 bits per heavy atom. The molecule has 0 aliphatic rings. The quantitative estimate of drug-likeness (QED) is 0.0263. The smallest absolute Gasteiger partial charge is 0.306 e. The minimum atomic E-state index is -0.881. The molecule has 0 spiro atoms. The van der Waals surface area contributed by atoms with E-state index in [1.807, 2.05) is 24.3 Å². The van der Waals surface area contributed by atoms with Crippen LogP contribution in [0.1, 0.15) is 162 Å². The second-order valence-corrected chi connectivity index (χ2v) is 15.6. The summed E-state index contributed by atoms with van der Waals surface area (Å²) in [6.45, 7) is 6.07. The number of allylic oxidation sites excluding steroid dienone is 30. The van der Waals surface area contributed by atoms with Gasteiger partial charge in [0.15, 0.2) is 6.10 Å². The lowest BCUT2D eigenvalue weighted by molar-refractivity contribution is -0.166. The Morgan fingerprint density at radius 3 is 0.836 bits per heavy atom. The van der Waals surface area contributed by atoms with E-state index in [0.717, 1.165) is 103 Å². The van der Waals surface area contributed by atoms with E-state index in [0.29, 0.717) is 19.3 Å². The Bertz CT molecular complexity index is 1670. The summed E-state index contributed by atoms with van der Waals surface area (Å²) >= 11 is 0. The first kappa shape index (κ1) is 61.5. The zero-order chi connectivity index (χ0) is 48.6. The molecule has 0 amide bonds. The fraction of sp³-hybridized carbons (Fsp3) is 0.459. The average molecular weight is 917 g/mol. The molecule has 0 N–H and O–H groups in total. The van der Waals surface area contributed by atoms with Crippen LogP contribution in [-0.4, -0.2) is 37.2 Å². The normalized spacial score (nSPS) is 13.7. The van der Waals surface area contributed by atoms with Crippen molar-refractivity contribution in [1.82, 2.24) is 0 Å². The van der Waals surface area contributed by atoms with Crippen molar-refractivity contribution in [2.75, 3.05) is 13.2 Å². The molecule has 0 aromatic heterocycles. The lowest BCUT2D eigenvalue weighted by atomic mass is 10.2. The molecule has 0 aromatic carbocycles. The van der Waals surface area contributed by atoms with Crippen molar-refractivity contribution in [2.24, 2.45) is 0 Å². The predicted molar refractivity (Wildman–Crippen MR) is 287 cm³/mol. The maximum Gasteiger partial charge on any atom is 0.306 e. The van der Waals surface area contributed by atoms with E-state index >= 15 is 0 Å². The van der Waals surface area contributed by atoms with Crippen molar-refractivity contribution < 1.29 is 28.6 Å². The minimum Gasteiger partial charge on any atom is -0.462 e. The van der Waals surface area contributed by atoms with E-state index in [4.69, 9.17) is 14.2 Å². The van der Waals surface area contributed by atoms with Gasteiger partial charge in [0, 0.05) is 19.3 Å². The van der Waals surface area contributed by atoms with Gasteiger partial charge in [-0.1, -0.05) is 203 Å². The summed E-state index contributed by atoms with van der Waals surface area (Å²) in [5, 5.41) is 0. The minimum absolute atomic E-state index is 0.167. The Kier molecular flexibility index (Phi) is 48.8. The number of hydrogen-bond acceptors (Lipinski definition) is 6. The molecular formula is C61H88O6. The first-order valence-electron chi connectivity index (χ1n) is 25.3. The fourth-order valence-electron chi connectivity index (χ4n) is 5.75. The molecule has 0 rings (SSSR count). The lowest BCUT2D eigenvalue weighted by Gasteiger charge is -2.18. The van der Waals surface area contributed by atoms with E-state index in [1.165, 1.54) is 0 Å². The van der Waals surface area contributed by atoms with Crippen molar-refractivity contribution in [3.05, 3.63) is 182 Å². The largest absolute Gasteiger partial charge is 0.462 e. The van der Waals surface area contributed by atoms with Crippen molar-refractivity contribution in [3.8, 4) is 0 Å². The Balaban J connectivity index is 4.74. The van der Waals surface area contributed by atoms with Crippen LogP contribution in [0.4, 0.5) is 0 Å². The van der Waals surface area contributed by atoms with Crippen LogP contribution in [-0.2, 0) is 28.6 Å². The second kappa shape index (κ2) is 53.1. The number of hydrogen-bond donors (Lipinski definition) is 0. The summed E-state index contributed by atoms with van der Waals surface area (Å²) in [6, 6.07) is 0. The number of ether oxygens (including phenoxy) is 3. The SMILES string of the molecule is CC/C=C\C/C=C\C/C=C\C/C=C\C/C=C\CCCC(=O)OCC(COC(=O)CC/C=C\C/C=C\C/C=C\C/C=C\C/C=C\CC)OC(=O)CC/C=C\C/C=C\C/C=C\C/C=C\C/C=C\CC. The molecule has 0 fully saturated rings. The number of carbonyl (C=O) groups is 3. The average Bonchev–Trinajstić information content (AvgIpc) is 3.33. The van der Waals surface area contributed by atoms with Crippen LogP contribution >= 0.6 is 0 Å². The molecule has 0 saturated carbocycles. The lowest BCUT2D eigenvalue weighted by Crippen LogP contribution is -2.30. The summed E-state index contributed by atoms with van der Waals surface area (Å²) in [7, 11) is 0. The molecule has 0 aromatic rings. The van der Waals surface area contributed by atoms with Crippen molar-refractivity contribution in [1.29, 1.82) is 0 Å². The van der Waals surface area contributed by atoms with Gasteiger partial charge in [-0.25, -0.2) is 0 Å². The highest BCUT2D eigenvalue weighted by molar-refractivity contribution is 5.71. The number of carbonyl (C=O) groups excluding carboxylic acids is 3. The van der Waals surface area contributed by atoms with E-state index in [9.17, 15) is 14.4 Å². The van der Waals surface area contributed by atoms with Crippen LogP contribution < -0.4 is 0 Å². The Hall–Kier alpha value is -5.49. The van der Waals surface area contributed by atoms with E-state index < -0.39 is 18.0 Å². The highest BCUT2D eigenvalue weighted by Gasteiger charge is 2.19. The maximum atomic E-state index is 12.8. The predicted octanol–water partition coefficient (Wildman–Crippen LogP) is 17.0. The summed E-state index contributed by atoms with van der Waals surface area (Å²) in [5.74, 6) is -1.21. The van der Waals surface area contributed by atoms with Gasteiger partial charge in [-0.3, -0.25) is 14.4 Å². The number of rotatable bonds is 42. The summed E-state index contributed by atoms with van der Waals surface area (Å²) in [6.07, 6.45) is 80.5. The molecular weight excluding hydrogens is 829 g/mol. The number of esters is 3. The van der Waals surface area contributed by atoms with Crippen LogP contribution in [0, 0.1) is 0 Å². The number of unbranched alkanes of at least 4 members (excludes halogenated alkanes) is 1. The van der Waals surface area contributed by atoms with Crippen molar-refractivity contribution in [3.63, 3.8) is 0 Å². The summed E-state index contributed by atoms with van der Waals surface area (Å²) in [4.78, 5) is 37.9. The zero-order valence-corrected chi connectivity index (χ0v) is 41.8. The molecule has 6 heteroatoms. The molecule has 1 atom stereocenters. The molecule has 6 nitrogen and oxygen atoms in total. The van der Waals surface area contributed by atoms with Crippen LogP contribution in [0.2, 0.25) is 0 Å². The van der Waals surface area contributed by atoms with Crippen molar-refractivity contribution >= 4 is 17.9 Å². The third-order valence-corrected chi connectivity index (χ3v) is 9.41. The summed E-state index contributed by atoms with van der Waals surface area (Å²) in [5.41, 5.74) is 0. The molecule has 0 heterocycles. The van der Waals surface area contributed by atoms with Gasteiger partial charge in [0.25, 0.3) is 0 Å². The van der Waals surface area contributed by atoms with Gasteiger partial charge in [-0.2, -0.15) is 0 Å². The second-order valence-electron chi connectivity index (χ2n) is 15.6. The maximum absolute atomic E-state index is 12.8. The van der Waals surface area contributed by atoms with Gasteiger partial charge in [-0.05, 0) is 122 Å². The first-order valence-corrected chi connectivity index (χ1v) is 25.3. The van der Waals surface area contributed by atoms with Crippen LogP contribution in [0.5, 0.6) is 0 Å². The molecule has 0 aliphatic heterocycles. The highest BCUT2D eigenvalue weighted by atomic mass is 16.6. The van der Waals surface area contributed by atoms with Crippen LogP contribution in [0.3, 0.4) is 0 Å². The molecule has 67 heavy (non-hydrogen) atoms.